The number of sulfonamides is 1. The molecular weight excluding hydrogens is 324 g/mol. The van der Waals surface area contributed by atoms with Crippen LogP contribution in [0.15, 0.2) is 58.5 Å². The number of hydrogen-bond acceptors (Lipinski definition) is 4. The van der Waals surface area contributed by atoms with Crippen LogP contribution in [0.25, 0.3) is 0 Å². The van der Waals surface area contributed by atoms with E-state index in [1.54, 1.807) is 38.3 Å². The summed E-state index contributed by atoms with van der Waals surface area (Å²) in [6.07, 6.45) is 0. The summed E-state index contributed by atoms with van der Waals surface area (Å²) in [6, 6.07) is 13.0. The molecule has 0 aromatic heterocycles. The molecule has 2 aromatic rings. The van der Waals surface area contributed by atoms with Gasteiger partial charge in [-0.1, -0.05) is 11.6 Å². The van der Waals surface area contributed by atoms with E-state index in [4.69, 9.17) is 16.3 Å². The van der Waals surface area contributed by atoms with E-state index in [2.05, 4.69) is 9.93 Å². The van der Waals surface area contributed by atoms with Gasteiger partial charge in [0.15, 0.2) is 0 Å². The Balaban J connectivity index is 2.16. The first-order valence-electron chi connectivity index (χ1n) is 6.38. The van der Waals surface area contributed by atoms with Gasteiger partial charge in [-0.25, -0.2) is 0 Å². The summed E-state index contributed by atoms with van der Waals surface area (Å²) >= 11 is 5.74. The number of benzene rings is 2. The molecule has 0 saturated carbocycles. The molecule has 0 bridgehead atoms. The van der Waals surface area contributed by atoms with Crippen LogP contribution in [0, 0.1) is 0 Å². The minimum absolute atomic E-state index is 0.100. The van der Waals surface area contributed by atoms with Gasteiger partial charge in [-0.2, -0.15) is 18.4 Å². The maximum absolute atomic E-state index is 12.1. The Hall–Kier alpha value is -2.05. The molecule has 0 aliphatic rings. The molecule has 1 N–H and O–H groups in total. The first-order valence-corrected chi connectivity index (χ1v) is 8.24. The standard InChI is InChI=1S/C15H15ClN2O3S/c1-11(12-3-7-14(21-2)8-4-12)17-18-22(19,20)15-9-5-13(16)6-10-15/h3-10,18H,1-2H3. The van der Waals surface area contributed by atoms with Crippen molar-refractivity contribution in [1.29, 1.82) is 0 Å². The summed E-state index contributed by atoms with van der Waals surface area (Å²) in [5, 5.41) is 4.39. The number of hydrogen-bond donors (Lipinski definition) is 1. The average molecular weight is 339 g/mol. The third kappa shape index (κ3) is 3.99. The Morgan fingerprint density at radius 2 is 1.68 bits per heavy atom. The van der Waals surface area contributed by atoms with E-state index in [1.807, 2.05) is 0 Å². The van der Waals surface area contributed by atoms with Crippen LogP contribution >= 0.6 is 11.6 Å². The van der Waals surface area contributed by atoms with Gasteiger partial charge in [-0.05, 0) is 61.0 Å². The number of hydrazone groups is 1. The van der Waals surface area contributed by atoms with Gasteiger partial charge < -0.3 is 4.74 Å². The highest BCUT2D eigenvalue weighted by Crippen LogP contribution is 2.14. The van der Waals surface area contributed by atoms with Gasteiger partial charge in [0.1, 0.15) is 5.75 Å². The second kappa shape index (κ2) is 6.81. The van der Waals surface area contributed by atoms with Gasteiger partial charge in [0, 0.05) is 5.02 Å². The third-order valence-corrected chi connectivity index (χ3v) is 4.44. The molecular formula is C15H15ClN2O3S. The lowest BCUT2D eigenvalue weighted by Crippen LogP contribution is -2.19. The van der Waals surface area contributed by atoms with Crippen LogP contribution < -0.4 is 9.57 Å². The van der Waals surface area contributed by atoms with Crippen molar-refractivity contribution in [3.63, 3.8) is 0 Å². The second-order valence-corrected chi connectivity index (χ2v) is 6.57. The van der Waals surface area contributed by atoms with E-state index in [9.17, 15) is 8.42 Å². The van der Waals surface area contributed by atoms with Gasteiger partial charge in [0.2, 0.25) is 0 Å². The van der Waals surface area contributed by atoms with E-state index in [0.717, 1.165) is 11.3 Å². The molecule has 0 aliphatic heterocycles. The molecule has 0 unspecified atom stereocenters. The molecule has 0 atom stereocenters. The summed E-state index contributed by atoms with van der Waals surface area (Å²) in [4.78, 5) is 2.31. The van der Waals surface area contributed by atoms with Crippen molar-refractivity contribution in [3.05, 3.63) is 59.1 Å². The smallest absolute Gasteiger partial charge is 0.276 e. The summed E-state index contributed by atoms with van der Waals surface area (Å²) in [6.45, 7) is 1.71. The molecule has 0 aliphatic carbocycles. The minimum atomic E-state index is -3.71. The van der Waals surface area contributed by atoms with Crippen LogP contribution in [0.2, 0.25) is 5.02 Å². The predicted octanol–water partition coefficient (Wildman–Crippen LogP) is 3.05. The number of methoxy groups -OCH3 is 1. The number of nitrogens with zero attached hydrogens (tertiary/aromatic N) is 1. The molecule has 0 spiro atoms. The monoisotopic (exact) mass is 338 g/mol. The van der Waals surface area contributed by atoms with Crippen LogP contribution in [-0.2, 0) is 10.0 Å². The molecule has 2 aromatic carbocycles. The van der Waals surface area contributed by atoms with Crippen LogP contribution in [0.1, 0.15) is 12.5 Å². The molecule has 2 rings (SSSR count). The zero-order chi connectivity index (χ0) is 16.2. The van der Waals surface area contributed by atoms with E-state index in [0.29, 0.717) is 10.7 Å². The van der Waals surface area contributed by atoms with Crippen molar-refractivity contribution in [3.8, 4) is 5.75 Å². The van der Waals surface area contributed by atoms with Crippen LogP contribution in [0.4, 0.5) is 0 Å². The molecule has 7 heteroatoms. The number of nitrogens with one attached hydrogen (secondary N) is 1. The Bertz CT molecular complexity index is 769. The van der Waals surface area contributed by atoms with Gasteiger partial charge in [0.25, 0.3) is 10.0 Å². The topological polar surface area (TPSA) is 67.8 Å². The Labute approximate surface area is 134 Å². The average Bonchev–Trinajstić information content (AvgIpc) is 2.53. The van der Waals surface area contributed by atoms with Crippen molar-refractivity contribution in [1.82, 2.24) is 4.83 Å². The van der Waals surface area contributed by atoms with Crippen LogP contribution in [0.5, 0.6) is 5.75 Å². The Kier molecular flexibility index (Phi) is 5.05. The van der Waals surface area contributed by atoms with Crippen molar-refractivity contribution in [2.24, 2.45) is 5.10 Å². The quantitative estimate of drug-likeness (QED) is 0.673. The van der Waals surface area contributed by atoms with Crippen LogP contribution in [-0.4, -0.2) is 21.2 Å². The largest absolute Gasteiger partial charge is 0.497 e. The lowest BCUT2D eigenvalue weighted by molar-refractivity contribution is 0.415. The second-order valence-electron chi connectivity index (χ2n) is 4.47. The first kappa shape index (κ1) is 16.3. The zero-order valence-corrected chi connectivity index (χ0v) is 13.6. The molecule has 0 amide bonds. The highest BCUT2D eigenvalue weighted by atomic mass is 35.5. The van der Waals surface area contributed by atoms with Crippen molar-refractivity contribution in [2.75, 3.05) is 7.11 Å². The molecule has 0 fully saturated rings. The Morgan fingerprint density at radius 3 is 2.23 bits per heavy atom. The van der Waals surface area contributed by atoms with E-state index in [1.165, 1.54) is 24.3 Å². The van der Waals surface area contributed by atoms with Crippen molar-refractivity contribution < 1.29 is 13.2 Å². The highest BCUT2D eigenvalue weighted by molar-refractivity contribution is 7.89. The number of ether oxygens (including phenoxy) is 1. The fourth-order valence-electron chi connectivity index (χ4n) is 1.69. The van der Waals surface area contributed by atoms with Crippen LogP contribution in [0.3, 0.4) is 0 Å². The molecule has 0 saturated heterocycles. The molecule has 116 valence electrons. The highest BCUT2D eigenvalue weighted by Gasteiger charge is 2.12. The Morgan fingerprint density at radius 1 is 1.09 bits per heavy atom. The fourth-order valence-corrected chi connectivity index (χ4v) is 2.67. The molecule has 0 radical (unpaired) electrons. The number of halogens is 1. The van der Waals surface area contributed by atoms with Gasteiger partial charge in [-0.3, -0.25) is 0 Å². The summed E-state index contributed by atoms with van der Waals surface area (Å²) in [5.41, 5.74) is 1.33. The lowest BCUT2D eigenvalue weighted by Gasteiger charge is -2.06. The van der Waals surface area contributed by atoms with Crippen molar-refractivity contribution >= 4 is 27.3 Å². The summed E-state index contributed by atoms with van der Waals surface area (Å²) in [7, 11) is -2.13. The van der Waals surface area contributed by atoms with Gasteiger partial charge in [0.05, 0.1) is 17.7 Å². The summed E-state index contributed by atoms with van der Waals surface area (Å²) < 4.78 is 29.3. The molecule has 22 heavy (non-hydrogen) atoms. The predicted molar refractivity (Wildman–Crippen MR) is 87.0 cm³/mol. The zero-order valence-electron chi connectivity index (χ0n) is 12.1. The van der Waals surface area contributed by atoms with Gasteiger partial charge in [-0.15, -0.1) is 0 Å². The lowest BCUT2D eigenvalue weighted by atomic mass is 10.1. The summed E-state index contributed by atoms with van der Waals surface area (Å²) in [5.74, 6) is 0.721. The fraction of sp³-hybridized carbons (Fsp3) is 0.133. The third-order valence-electron chi connectivity index (χ3n) is 2.97. The SMILES string of the molecule is COc1ccc(C(C)=NNS(=O)(=O)c2ccc(Cl)cc2)cc1. The van der Waals surface area contributed by atoms with Crippen molar-refractivity contribution in [2.45, 2.75) is 11.8 Å². The maximum atomic E-state index is 12.1. The number of rotatable bonds is 5. The van der Waals surface area contributed by atoms with E-state index >= 15 is 0 Å². The van der Waals surface area contributed by atoms with Gasteiger partial charge >= 0.3 is 0 Å². The first-order chi connectivity index (χ1) is 10.4. The molecule has 5 nitrogen and oxygen atoms in total. The maximum Gasteiger partial charge on any atom is 0.276 e. The normalized spacial score (nSPS) is 12.0. The van der Waals surface area contributed by atoms with E-state index in [-0.39, 0.29) is 4.90 Å². The molecule has 0 heterocycles. The minimum Gasteiger partial charge on any atom is -0.497 e. The van der Waals surface area contributed by atoms with E-state index < -0.39 is 10.0 Å².